The van der Waals surface area contributed by atoms with Crippen molar-refractivity contribution in [2.75, 3.05) is 245 Å². The van der Waals surface area contributed by atoms with E-state index in [1.807, 2.05) is 197 Å². The molecule has 6 saturated heterocycles. The fourth-order valence-corrected chi connectivity index (χ4v) is 22.1. The number of halogens is 4. The van der Waals surface area contributed by atoms with Crippen LogP contribution in [0.3, 0.4) is 0 Å². The van der Waals surface area contributed by atoms with Crippen LogP contribution in [0.25, 0.3) is 67.6 Å². The zero-order chi connectivity index (χ0) is 102. The van der Waals surface area contributed by atoms with Crippen LogP contribution in [0, 0.1) is 13.8 Å². The lowest BCUT2D eigenvalue weighted by molar-refractivity contribution is -0.130. The van der Waals surface area contributed by atoms with Gasteiger partial charge >= 0.3 is 0 Å². The number of nitrogens with one attached hydrogen (secondary N) is 4. The molecule has 33 heteroatoms. The molecular weight excluding hydrogens is 1940 g/mol. The highest BCUT2D eigenvalue weighted by Gasteiger charge is 2.32. The van der Waals surface area contributed by atoms with Gasteiger partial charge < -0.3 is 80.1 Å². The molecule has 4 N–H and O–H groups in total. The summed E-state index contributed by atoms with van der Waals surface area (Å²) in [5, 5.41) is 16.2. The summed E-state index contributed by atoms with van der Waals surface area (Å²) in [5.74, 6) is 3.66. The van der Waals surface area contributed by atoms with Crippen molar-refractivity contribution in [2.24, 2.45) is 0 Å². The van der Waals surface area contributed by atoms with E-state index in [2.05, 4.69) is 196 Å². The molecule has 23 rings (SSSR count). The van der Waals surface area contributed by atoms with Crippen LogP contribution < -0.4 is 60.5 Å². The molecule has 29 nitrogen and oxygen atoms in total. The first-order valence-corrected chi connectivity index (χ1v) is 52.9. The van der Waals surface area contributed by atoms with Crippen LogP contribution in [-0.4, -0.2) is 271 Å². The number of amides is 4. The van der Waals surface area contributed by atoms with Gasteiger partial charge in [0.05, 0.1) is 63.3 Å². The number of benzene rings is 7. The van der Waals surface area contributed by atoms with Crippen LogP contribution in [0.1, 0.15) is 48.8 Å². The van der Waals surface area contributed by atoms with Gasteiger partial charge in [-0.3, -0.25) is 41.8 Å². The molecule has 7 aliphatic heterocycles. The smallest absolute Gasteiger partial charge is 0.242 e. The van der Waals surface area contributed by atoms with Gasteiger partial charge in [-0.15, -0.1) is 0 Å². The molecule has 0 spiro atoms. The molecule has 148 heavy (non-hydrogen) atoms. The minimum Gasteiger partial charge on any atom is -0.378 e. The van der Waals surface area contributed by atoms with Crippen LogP contribution in [0.15, 0.2) is 268 Å². The Bertz CT molecular complexity index is 7350. The Balaban J connectivity index is 0.000000120. The largest absolute Gasteiger partial charge is 0.378 e. The normalized spacial score (nSPS) is 15.3. The number of imidazole rings is 4. The minimum atomic E-state index is 0.0421. The van der Waals surface area contributed by atoms with E-state index in [4.69, 9.17) is 66.3 Å². The first-order chi connectivity index (χ1) is 72.2. The van der Waals surface area contributed by atoms with E-state index in [1.165, 1.54) is 65.1 Å². The van der Waals surface area contributed by atoms with Crippen LogP contribution in [-0.2, 0) is 25.6 Å². The van der Waals surface area contributed by atoms with E-state index in [0.717, 1.165) is 222 Å². The number of aryl methyl sites for hydroxylation is 2. The maximum atomic E-state index is 13.2. The number of nitrogens with zero attached hydrogens (tertiary/aromatic N) is 21. The molecule has 16 heterocycles. The lowest BCUT2D eigenvalue weighted by atomic mass is 9.98. The molecule has 0 saturated carbocycles. The molecule has 9 aromatic heterocycles. The summed E-state index contributed by atoms with van der Waals surface area (Å²) >= 11 is 25.4. The number of pyridine rings is 5. The monoisotopic (exact) mass is 2060 g/mol. The highest BCUT2D eigenvalue weighted by Crippen LogP contribution is 2.41. The van der Waals surface area contributed by atoms with Crippen molar-refractivity contribution in [2.45, 2.75) is 52.4 Å². The lowest BCUT2D eigenvalue weighted by Crippen LogP contribution is -2.50. The number of para-hydroxylation sites is 2. The second-order valence-electron chi connectivity index (χ2n) is 38.7. The summed E-state index contributed by atoms with van der Waals surface area (Å²) in [7, 11) is 6.18. The molecule has 0 bridgehead atoms. The summed E-state index contributed by atoms with van der Waals surface area (Å²) in [5.41, 5.74) is 23.9. The maximum Gasteiger partial charge on any atom is 0.242 e. The fraction of sp³-hybridized carbons (Fsp3) is 0.313. The quantitative estimate of drug-likeness (QED) is 0.0466. The van der Waals surface area contributed by atoms with Gasteiger partial charge in [0.1, 0.15) is 68.6 Å². The zero-order valence-electron chi connectivity index (χ0n) is 84.4. The molecule has 7 aliphatic rings. The van der Waals surface area contributed by atoms with Gasteiger partial charge in [-0.05, 0) is 196 Å². The van der Waals surface area contributed by atoms with Crippen molar-refractivity contribution in [3.8, 4) is 45.0 Å². The van der Waals surface area contributed by atoms with E-state index in [9.17, 15) is 19.2 Å². The fourth-order valence-electron chi connectivity index (χ4n) is 21.0. The van der Waals surface area contributed by atoms with Crippen molar-refractivity contribution in [1.82, 2.24) is 62.1 Å². The SMILES string of the molecule is CN(C)c1ccc(-c2nc3ccccn3c2NCC(=O)N2CCN(c3ccccc3Cl)CC2)cc1.CN1CCCc2cc(-c3nc4ccccn4c3NCC(=O)N3CCN(c4c(Cl)cncc4Cl)CC3)ccc21.Cc1cccc(N2CCN(C(=O)CNc3c(-c4ccc(N5CCCC5)cc4)nc4ccccn34)CC2)c1C.O=C(CNc1c(-c2ccc(N3CCCC3)cc2)nc2ccccn12)N1CCN(c2ccccc2Cl)CC1. The zero-order valence-corrected chi connectivity index (χ0v) is 87.4. The van der Waals surface area contributed by atoms with Gasteiger partial charge in [-0.2, -0.15) is 0 Å². The Hall–Kier alpha value is -14.9. The maximum absolute atomic E-state index is 13.2. The van der Waals surface area contributed by atoms with Crippen LogP contribution in [0.5, 0.6) is 0 Å². The number of hydrogen-bond donors (Lipinski definition) is 4. The van der Waals surface area contributed by atoms with E-state index in [-0.39, 0.29) is 49.8 Å². The topological polar surface area (TPSA) is 237 Å². The number of aromatic nitrogens is 9. The lowest BCUT2D eigenvalue weighted by Gasteiger charge is -2.37. The number of hydrogen-bond acceptors (Lipinski definition) is 21. The Morgan fingerprint density at radius 1 is 0.318 bits per heavy atom. The third-order valence-electron chi connectivity index (χ3n) is 29.3. The van der Waals surface area contributed by atoms with Gasteiger partial charge in [0.2, 0.25) is 23.6 Å². The molecular formula is C115H125Cl4N25O4. The number of rotatable bonds is 23. The van der Waals surface area contributed by atoms with Gasteiger partial charge in [-0.25, -0.2) is 19.9 Å². The molecule has 762 valence electrons. The van der Waals surface area contributed by atoms with Crippen molar-refractivity contribution < 1.29 is 19.2 Å². The predicted octanol–water partition coefficient (Wildman–Crippen LogP) is 19.3. The van der Waals surface area contributed by atoms with E-state index < -0.39 is 0 Å². The van der Waals surface area contributed by atoms with Crippen molar-refractivity contribution >= 4 is 161 Å². The molecule has 0 unspecified atom stereocenters. The van der Waals surface area contributed by atoms with Crippen LogP contribution >= 0.6 is 46.4 Å². The first-order valence-electron chi connectivity index (χ1n) is 51.4. The third kappa shape index (κ3) is 22.5. The van der Waals surface area contributed by atoms with Crippen molar-refractivity contribution in [1.29, 1.82) is 0 Å². The summed E-state index contributed by atoms with van der Waals surface area (Å²) in [6.07, 6.45) is 18.4. The molecule has 7 aromatic carbocycles. The molecule has 0 aliphatic carbocycles. The average Bonchev–Trinajstić information content (AvgIpc) is 1.65. The van der Waals surface area contributed by atoms with Gasteiger partial charge in [0.15, 0.2) is 0 Å². The van der Waals surface area contributed by atoms with Crippen LogP contribution in [0.4, 0.5) is 68.8 Å². The molecule has 0 atom stereocenters. The van der Waals surface area contributed by atoms with Gasteiger partial charge in [0.25, 0.3) is 0 Å². The Labute approximate surface area is 883 Å². The summed E-state index contributed by atoms with van der Waals surface area (Å²) < 4.78 is 8.07. The number of fused-ring (bicyclic) bond motifs is 5. The summed E-state index contributed by atoms with van der Waals surface area (Å²) in [6, 6.07) is 78.1. The Morgan fingerprint density at radius 3 is 1.02 bits per heavy atom. The molecule has 6 fully saturated rings. The second kappa shape index (κ2) is 46.0. The van der Waals surface area contributed by atoms with E-state index in [0.29, 0.717) is 62.4 Å². The van der Waals surface area contributed by atoms with Crippen molar-refractivity contribution in [3.05, 3.63) is 304 Å². The number of carbonyl (C=O) groups excluding carboxylic acids is 4. The number of carbonyl (C=O) groups is 4. The molecule has 0 radical (unpaired) electrons. The highest BCUT2D eigenvalue weighted by atomic mass is 35.5. The van der Waals surface area contributed by atoms with Crippen molar-refractivity contribution in [3.63, 3.8) is 0 Å². The minimum absolute atomic E-state index is 0.0421. The highest BCUT2D eigenvalue weighted by molar-refractivity contribution is 6.39. The summed E-state index contributed by atoms with van der Waals surface area (Å²) in [4.78, 5) is 102. The standard InChI is InChI=1S/C31H36N6O.C29H31ClN6O.C28H29Cl2N7O.C27H29ClN6O/c1-23-8-7-9-27(24(23)2)35-18-20-36(21-19-35)29(38)22-32-31-30(33-28-10-3-4-17-37(28)31)25-11-13-26(14-12-25)34-15-5-6-16-34;30-24-7-1-2-8-25(24)34-17-19-35(20-18-34)27(37)21-31-29-28(32-26-9-3-4-16-36(26)29)22-10-12-23(13-11-22)33-14-5-6-15-33;1-34-9-4-5-19-15-20(7-8-23(19)34)26-28(37-10-3-2-6-24(37)33-26)32-18-25(38)35-11-13-36(14-12-35)27-21(29)16-31-17-22(27)30;1-31(2)21-12-10-20(11-13-21)26-27(34-14-6-5-9-24(34)30-26)29-19-25(35)33-17-15-32(16-18-33)23-8-4-3-7-22(23)28/h3-4,7-14,17,32H,5-6,15-16,18-22H2,1-2H3;1-4,7-13,16,31H,5-6,14-15,17-21H2;2-3,6-8,10,15-17,32H,4-5,9,11-14,18H2,1H3;3-14,29H,15-19H2,1-2H3. The second-order valence-corrected chi connectivity index (χ2v) is 40.3. The predicted molar refractivity (Wildman–Crippen MR) is 604 cm³/mol. The van der Waals surface area contributed by atoms with Gasteiger partial charge in [0, 0.05) is 246 Å². The molecule has 16 aromatic rings. The third-order valence-corrected chi connectivity index (χ3v) is 30.5. The van der Waals surface area contributed by atoms with E-state index >= 15 is 0 Å². The van der Waals surface area contributed by atoms with E-state index in [1.54, 1.807) is 12.4 Å². The van der Waals surface area contributed by atoms with Gasteiger partial charge in [-0.1, -0.05) is 150 Å². The number of piperazine rings is 4. The first kappa shape index (κ1) is 100. The average molecular weight is 2060 g/mol. The van der Waals surface area contributed by atoms with Crippen LogP contribution in [0.2, 0.25) is 20.1 Å². The molecule has 4 amide bonds. The Kier molecular flexibility index (Phi) is 31.2. The Morgan fingerprint density at radius 2 is 0.649 bits per heavy atom. The summed E-state index contributed by atoms with van der Waals surface area (Å²) in [6.45, 7) is 22.1. The number of anilines is 12.